The van der Waals surface area contributed by atoms with Crippen molar-refractivity contribution in [1.29, 1.82) is 0 Å². The van der Waals surface area contributed by atoms with Gasteiger partial charge in [-0.25, -0.2) is 0 Å². The molecule has 0 saturated carbocycles. The molecule has 0 aromatic heterocycles. The van der Waals surface area contributed by atoms with Crippen molar-refractivity contribution in [2.24, 2.45) is 0 Å². The molecular weight excluding hydrogens is 282 g/mol. The van der Waals surface area contributed by atoms with Gasteiger partial charge in [-0.2, -0.15) is 0 Å². The number of phenols is 1. The summed E-state index contributed by atoms with van der Waals surface area (Å²) in [5.41, 5.74) is -0.223. The Morgan fingerprint density at radius 1 is 1.44 bits per heavy atom. The lowest BCUT2D eigenvalue weighted by molar-refractivity contribution is -0.385. The number of hydrogen-bond donors (Lipinski definition) is 3. The van der Waals surface area contributed by atoms with Gasteiger partial charge in [0.1, 0.15) is 6.10 Å². The molecule has 0 heterocycles. The van der Waals surface area contributed by atoms with Gasteiger partial charge >= 0.3 is 5.69 Å². The summed E-state index contributed by atoms with van der Waals surface area (Å²) in [6.45, 7) is 0. The van der Waals surface area contributed by atoms with E-state index in [0.29, 0.717) is 0 Å². The van der Waals surface area contributed by atoms with Gasteiger partial charge in [-0.15, -0.1) is 0 Å². The lowest BCUT2D eigenvalue weighted by Gasteiger charge is -2.15. The van der Waals surface area contributed by atoms with Crippen molar-refractivity contribution in [3.63, 3.8) is 0 Å². The number of nitro groups is 1. The van der Waals surface area contributed by atoms with E-state index < -0.39 is 28.6 Å². The topological polar surface area (TPSA) is 104 Å². The summed E-state index contributed by atoms with van der Waals surface area (Å²) < 4.78 is 0. The van der Waals surface area contributed by atoms with Crippen LogP contribution in [0.15, 0.2) is 18.2 Å². The van der Waals surface area contributed by atoms with Crippen molar-refractivity contribution in [2.75, 3.05) is 5.33 Å². The van der Waals surface area contributed by atoms with Gasteiger partial charge in [0, 0.05) is 11.4 Å². The predicted molar refractivity (Wildman–Crippen MR) is 59.5 cm³/mol. The van der Waals surface area contributed by atoms with Gasteiger partial charge in [0.05, 0.1) is 11.0 Å². The molecule has 2 atom stereocenters. The molecule has 0 bridgehead atoms. The molecule has 1 rings (SSSR count). The zero-order chi connectivity index (χ0) is 12.3. The van der Waals surface area contributed by atoms with Crippen LogP contribution in [0.2, 0.25) is 0 Å². The maximum atomic E-state index is 10.4. The molecule has 88 valence electrons. The molecule has 3 N–H and O–H groups in total. The van der Waals surface area contributed by atoms with Crippen LogP contribution in [0.5, 0.6) is 5.75 Å². The van der Waals surface area contributed by atoms with Crippen molar-refractivity contribution < 1.29 is 20.2 Å². The Morgan fingerprint density at radius 2 is 2.06 bits per heavy atom. The number of nitro benzene ring substituents is 1. The van der Waals surface area contributed by atoms with E-state index in [-0.39, 0.29) is 10.9 Å². The van der Waals surface area contributed by atoms with Crippen molar-refractivity contribution in [2.45, 2.75) is 12.2 Å². The largest absolute Gasteiger partial charge is 0.502 e. The van der Waals surface area contributed by atoms with Gasteiger partial charge < -0.3 is 15.3 Å². The van der Waals surface area contributed by atoms with E-state index in [4.69, 9.17) is 0 Å². The average Bonchev–Trinajstić information content (AvgIpc) is 2.26. The van der Waals surface area contributed by atoms with Crippen LogP contribution in [-0.2, 0) is 0 Å². The van der Waals surface area contributed by atoms with Crippen LogP contribution < -0.4 is 0 Å². The molecule has 0 fully saturated rings. The number of alkyl halides is 1. The van der Waals surface area contributed by atoms with Crippen LogP contribution in [-0.4, -0.2) is 31.7 Å². The Hall–Kier alpha value is -1.18. The summed E-state index contributed by atoms with van der Waals surface area (Å²) in [6, 6.07) is 3.43. The fourth-order valence-corrected chi connectivity index (χ4v) is 1.54. The molecule has 0 aliphatic rings. The second-order valence-corrected chi connectivity index (χ2v) is 3.82. The van der Waals surface area contributed by atoms with Crippen molar-refractivity contribution in [3.8, 4) is 5.75 Å². The van der Waals surface area contributed by atoms with Gasteiger partial charge in [-0.3, -0.25) is 10.1 Å². The van der Waals surface area contributed by atoms with E-state index in [9.17, 15) is 25.4 Å². The lowest BCUT2D eigenvalue weighted by Crippen LogP contribution is -2.19. The Bertz CT molecular complexity index is 397. The molecule has 0 radical (unpaired) electrons. The highest BCUT2D eigenvalue weighted by molar-refractivity contribution is 9.09. The van der Waals surface area contributed by atoms with Gasteiger partial charge in [0.2, 0.25) is 0 Å². The van der Waals surface area contributed by atoms with Crippen LogP contribution in [0.3, 0.4) is 0 Å². The Morgan fingerprint density at radius 3 is 2.50 bits per heavy atom. The zero-order valence-corrected chi connectivity index (χ0v) is 9.66. The second kappa shape index (κ2) is 5.24. The molecule has 1 aromatic carbocycles. The zero-order valence-electron chi connectivity index (χ0n) is 8.08. The van der Waals surface area contributed by atoms with Gasteiger partial charge in [0.15, 0.2) is 5.75 Å². The summed E-state index contributed by atoms with van der Waals surface area (Å²) in [6.07, 6.45) is -2.24. The Kier molecular flexibility index (Phi) is 4.22. The highest BCUT2D eigenvalue weighted by Crippen LogP contribution is 2.29. The maximum absolute atomic E-state index is 10.4. The summed E-state index contributed by atoms with van der Waals surface area (Å²) in [7, 11) is 0. The van der Waals surface area contributed by atoms with Crippen molar-refractivity contribution >= 4 is 21.6 Å². The number of phenolic OH excluding ortho intramolecular Hbond substituents is 1. The summed E-state index contributed by atoms with van der Waals surface area (Å²) in [5.74, 6) is -0.539. The molecule has 1 aromatic rings. The highest BCUT2D eigenvalue weighted by atomic mass is 79.9. The van der Waals surface area contributed by atoms with E-state index in [0.717, 1.165) is 12.1 Å². The average molecular weight is 292 g/mol. The quantitative estimate of drug-likeness (QED) is 0.438. The molecular formula is C9H10BrNO5. The van der Waals surface area contributed by atoms with E-state index in [1.54, 1.807) is 0 Å². The Labute approximate surface area is 99.4 Å². The first-order valence-corrected chi connectivity index (χ1v) is 5.49. The van der Waals surface area contributed by atoms with Crippen LogP contribution >= 0.6 is 15.9 Å². The van der Waals surface area contributed by atoms with Gasteiger partial charge in [-0.05, 0) is 17.7 Å². The van der Waals surface area contributed by atoms with Crippen molar-refractivity contribution in [3.05, 3.63) is 33.9 Å². The van der Waals surface area contributed by atoms with E-state index in [1.807, 2.05) is 0 Å². The van der Waals surface area contributed by atoms with Crippen LogP contribution in [0.25, 0.3) is 0 Å². The van der Waals surface area contributed by atoms with E-state index in [2.05, 4.69) is 15.9 Å². The standard InChI is InChI=1S/C9H10BrNO5/c10-4-8(13)9(14)5-1-2-6(11(15)16)7(12)3-5/h1-3,8-9,12-14H,4H2. The van der Waals surface area contributed by atoms with Gasteiger partial charge in [0.25, 0.3) is 0 Å². The summed E-state index contributed by atoms with van der Waals surface area (Å²) in [5, 5.41) is 38.8. The lowest BCUT2D eigenvalue weighted by atomic mass is 10.0. The number of hydrogen-bond acceptors (Lipinski definition) is 5. The number of aromatic hydroxyl groups is 1. The molecule has 0 amide bonds. The van der Waals surface area contributed by atoms with Crippen LogP contribution in [0, 0.1) is 10.1 Å². The molecule has 0 saturated heterocycles. The van der Waals surface area contributed by atoms with Crippen molar-refractivity contribution in [1.82, 2.24) is 0 Å². The number of aliphatic hydroxyl groups excluding tert-OH is 2. The minimum Gasteiger partial charge on any atom is -0.502 e. The molecule has 16 heavy (non-hydrogen) atoms. The monoisotopic (exact) mass is 291 g/mol. The fraction of sp³-hybridized carbons (Fsp3) is 0.333. The van der Waals surface area contributed by atoms with E-state index in [1.165, 1.54) is 6.07 Å². The van der Waals surface area contributed by atoms with Crippen LogP contribution in [0.1, 0.15) is 11.7 Å². The predicted octanol–water partition coefficient (Wildman–Crippen LogP) is 1.09. The number of halogens is 1. The second-order valence-electron chi connectivity index (χ2n) is 3.17. The first-order valence-electron chi connectivity index (χ1n) is 4.36. The first kappa shape index (κ1) is 12.9. The number of aliphatic hydroxyl groups is 2. The SMILES string of the molecule is O=[N+]([O-])c1ccc(C(O)C(O)CBr)cc1O. The Balaban J connectivity index is 3.01. The third kappa shape index (κ3) is 2.69. The summed E-state index contributed by atoms with van der Waals surface area (Å²) in [4.78, 5) is 9.69. The minimum atomic E-state index is -1.20. The molecule has 0 aliphatic carbocycles. The molecule has 7 heteroatoms. The third-order valence-corrected chi connectivity index (χ3v) is 2.72. The number of rotatable bonds is 4. The normalized spacial score (nSPS) is 14.4. The molecule has 6 nitrogen and oxygen atoms in total. The maximum Gasteiger partial charge on any atom is 0.310 e. The number of nitrogens with zero attached hydrogens (tertiary/aromatic N) is 1. The third-order valence-electron chi connectivity index (χ3n) is 2.06. The van der Waals surface area contributed by atoms with Gasteiger partial charge in [-0.1, -0.05) is 15.9 Å². The first-order chi connectivity index (χ1) is 7.47. The molecule has 0 aliphatic heterocycles. The minimum absolute atomic E-state index is 0.159. The highest BCUT2D eigenvalue weighted by Gasteiger charge is 2.20. The summed E-state index contributed by atoms with van der Waals surface area (Å²) >= 11 is 2.99. The fourth-order valence-electron chi connectivity index (χ4n) is 1.19. The van der Waals surface area contributed by atoms with Crippen LogP contribution in [0.4, 0.5) is 5.69 Å². The smallest absolute Gasteiger partial charge is 0.310 e. The number of benzene rings is 1. The molecule has 2 unspecified atom stereocenters. The van der Waals surface area contributed by atoms with E-state index >= 15 is 0 Å². The molecule has 0 spiro atoms.